The SMILES string of the molecule is Cc1ccc(OCC(=O)N(C)c2ccccc2C(=O)NC2CCCCC2)c(Br)c1. The van der Waals surface area contributed by atoms with Crippen molar-refractivity contribution in [2.45, 2.75) is 45.1 Å². The topological polar surface area (TPSA) is 58.6 Å². The van der Waals surface area contributed by atoms with Crippen LogP contribution >= 0.6 is 15.9 Å². The first-order valence-electron chi connectivity index (χ1n) is 10.0. The van der Waals surface area contributed by atoms with Crippen molar-refractivity contribution in [2.75, 3.05) is 18.6 Å². The number of hydrogen-bond acceptors (Lipinski definition) is 3. The molecule has 2 aromatic carbocycles. The molecule has 2 aromatic rings. The maximum absolute atomic E-state index is 12.8. The molecule has 0 unspecified atom stereocenters. The minimum absolute atomic E-state index is 0.114. The van der Waals surface area contributed by atoms with E-state index in [0.29, 0.717) is 17.0 Å². The number of ether oxygens (including phenoxy) is 1. The first-order valence-corrected chi connectivity index (χ1v) is 10.8. The van der Waals surface area contributed by atoms with Crippen LogP contribution in [0.5, 0.6) is 5.75 Å². The van der Waals surface area contributed by atoms with Gasteiger partial charge in [0.25, 0.3) is 11.8 Å². The lowest BCUT2D eigenvalue weighted by Gasteiger charge is -2.25. The molecule has 0 saturated heterocycles. The minimum atomic E-state index is -0.226. The molecular weight excluding hydrogens is 432 g/mol. The normalized spacial score (nSPS) is 14.3. The summed E-state index contributed by atoms with van der Waals surface area (Å²) in [4.78, 5) is 27.0. The molecule has 0 aromatic heterocycles. The van der Waals surface area contributed by atoms with Crippen LogP contribution in [0.4, 0.5) is 5.69 Å². The molecule has 3 rings (SSSR count). The van der Waals surface area contributed by atoms with Gasteiger partial charge in [0.05, 0.1) is 15.7 Å². The summed E-state index contributed by atoms with van der Waals surface area (Å²) in [6.07, 6.45) is 5.56. The number of anilines is 1. The van der Waals surface area contributed by atoms with E-state index in [1.165, 1.54) is 11.3 Å². The van der Waals surface area contributed by atoms with Gasteiger partial charge in [-0.1, -0.05) is 37.5 Å². The van der Waals surface area contributed by atoms with Crippen molar-refractivity contribution in [3.8, 4) is 5.75 Å². The first kappa shape index (κ1) is 21.4. The third-order valence-corrected chi connectivity index (χ3v) is 5.88. The molecule has 154 valence electrons. The van der Waals surface area contributed by atoms with Gasteiger partial charge in [0.15, 0.2) is 6.61 Å². The largest absolute Gasteiger partial charge is 0.483 e. The number of aryl methyl sites for hydroxylation is 1. The molecule has 0 aliphatic heterocycles. The Morgan fingerprint density at radius 3 is 2.59 bits per heavy atom. The van der Waals surface area contributed by atoms with Gasteiger partial charge in [0, 0.05) is 13.1 Å². The zero-order chi connectivity index (χ0) is 20.8. The van der Waals surface area contributed by atoms with Gasteiger partial charge < -0.3 is 15.0 Å². The highest BCUT2D eigenvalue weighted by molar-refractivity contribution is 9.10. The van der Waals surface area contributed by atoms with Gasteiger partial charge in [0.1, 0.15) is 5.75 Å². The molecule has 1 saturated carbocycles. The minimum Gasteiger partial charge on any atom is -0.483 e. The lowest BCUT2D eigenvalue weighted by molar-refractivity contribution is -0.120. The molecule has 1 aliphatic carbocycles. The van der Waals surface area contributed by atoms with Crippen LogP contribution in [0.3, 0.4) is 0 Å². The highest BCUT2D eigenvalue weighted by Gasteiger charge is 2.22. The number of benzene rings is 2. The summed E-state index contributed by atoms with van der Waals surface area (Å²) in [6.45, 7) is 1.87. The monoisotopic (exact) mass is 458 g/mol. The molecule has 0 heterocycles. The molecular formula is C23H27BrN2O3. The van der Waals surface area contributed by atoms with Crippen molar-refractivity contribution in [3.63, 3.8) is 0 Å². The fourth-order valence-corrected chi connectivity index (χ4v) is 4.17. The zero-order valence-electron chi connectivity index (χ0n) is 16.9. The predicted octanol–water partition coefficient (Wildman–Crippen LogP) is 4.86. The predicted molar refractivity (Wildman–Crippen MR) is 119 cm³/mol. The summed E-state index contributed by atoms with van der Waals surface area (Å²) in [5, 5.41) is 3.13. The number of likely N-dealkylation sites (N-methyl/N-ethyl adjacent to an activating group) is 1. The molecule has 1 N–H and O–H groups in total. The summed E-state index contributed by atoms with van der Waals surface area (Å²) < 4.78 is 6.49. The van der Waals surface area contributed by atoms with Crippen LogP contribution in [0.1, 0.15) is 48.0 Å². The Kier molecular flexibility index (Phi) is 7.31. The van der Waals surface area contributed by atoms with E-state index in [-0.39, 0.29) is 24.5 Å². The molecule has 0 atom stereocenters. The number of rotatable bonds is 6. The molecule has 29 heavy (non-hydrogen) atoms. The Morgan fingerprint density at radius 1 is 1.14 bits per heavy atom. The van der Waals surface area contributed by atoms with E-state index in [0.717, 1.165) is 35.7 Å². The summed E-state index contributed by atoms with van der Waals surface area (Å²) in [5.74, 6) is 0.255. The third-order valence-electron chi connectivity index (χ3n) is 5.26. The second-order valence-electron chi connectivity index (χ2n) is 7.50. The smallest absolute Gasteiger partial charge is 0.264 e. The summed E-state index contributed by atoms with van der Waals surface area (Å²) in [7, 11) is 1.67. The van der Waals surface area contributed by atoms with Gasteiger partial charge in [-0.05, 0) is 65.5 Å². The van der Waals surface area contributed by atoms with Gasteiger partial charge >= 0.3 is 0 Å². The first-order chi connectivity index (χ1) is 14.0. The number of carbonyl (C=O) groups is 2. The lowest BCUT2D eigenvalue weighted by Crippen LogP contribution is -2.38. The van der Waals surface area contributed by atoms with Gasteiger partial charge in [-0.15, -0.1) is 0 Å². The van der Waals surface area contributed by atoms with Crippen LogP contribution in [0.2, 0.25) is 0 Å². The molecule has 0 bridgehead atoms. The van der Waals surface area contributed by atoms with E-state index in [1.807, 2.05) is 37.3 Å². The number of halogens is 1. The van der Waals surface area contributed by atoms with E-state index in [1.54, 1.807) is 19.2 Å². The van der Waals surface area contributed by atoms with Gasteiger partial charge in [-0.3, -0.25) is 9.59 Å². The number of hydrogen-bond donors (Lipinski definition) is 1. The van der Waals surface area contributed by atoms with Gasteiger partial charge in [-0.2, -0.15) is 0 Å². The molecule has 0 radical (unpaired) electrons. The van der Waals surface area contributed by atoms with Crippen LogP contribution in [-0.4, -0.2) is 31.5 Å². The van der Waals surface area contributed by atoms with Crippen LogP contribution in [-0.2, 0) is 4.79 Å². The van der Waals surface area contributed by atoms with Crippen molar-refractivity contribution in [2.24, 2.45) is 0 Å². The Balaban J connectivity index is 1.67. The molecule has 1 fully saturated rings. The van der Waals surface area contributed by atoms with Crippen LogP contribution in [0, 0.1) is 6.92 Å². The summed E-state index contributed by atoms with van der Waals surface area (Å²) in [6, 6.07) is 13.1. The van der Waals surface area contributed by atoms with Crippen molar-refractivity contribution in [1.29, 1.82) is 0 Å². The highest BCUT2D eigenvalue weighted by Crippen LogP contribution is 2.26. The number of nitrogens with one attached hydrogen (secondary N) is 1. The molecule has 0 spiro atoms. The van der Waals surface area contributed by atoms with Gasteiger partial charge in [-0.25, -0.2) is 0 Å². The van der Waals surface area contributed by atoms with Crippen LogP contribution in [0.25, 0.3) is 0 Å². The Bertz CT molecular complexity index is 878. The average molecular weight is 459 g/mol. The van der Waals surface area contributed by atoms with Gasteiger partial charge in [0.2, 0.25) is 0 Å². The zero-order valence-corrected chi connectivity index (χ0v) is 18.5. The Labute approximate surface area is 180 Å². The standard InChI is InChI=1S/C23H27BrN2O3/c1-16-12-13-21(19(24)14-16)29-15-22(27)26(2)20-11-7-6-10-18(20)23(28)25-17-8-4-3-5-9-17/h6-7,10-14,17H,3-5,8-9,15H2,1-2H3,(H,25,28). The van der Waals surface area contributed by atoms with E-state index >= 15 is 0 Å². The molecule has 1 aliphatic rings. The lowest BCUT2D eigenvalue weighted by atomic mass is 9.95. The van der Waals surface area contributed by atoms with E-state index < -0.39 is 0 Å². The molecule has 2 amide bonds. The summed E-state index contributed by atoms with van der Waals surface area (Å²) >= 11 is 3.45. The van der Waals surface area contributed by atoms with E-state index in [2.05, 4.69) is 21.2 Å². The van der Waals surface area contributed by atoms with Crippen LogP contribution < -0.4 is 15.0 Å². The highest BCUT2D eigenvalue weighted by atomic mass is 79.9. The Morgan fingerprint density at radius 2 is 1.86 bits per heavy atom. The maximum atomic E-state index is 12.8. The number of para-hydroxylation sites is 1. The summed E-state index contributed by atoms with van der Waals surface area (Å²) in [5.41, 5.74) is 2.19. The van der Waals surface area contributed by atoms with Crippen molar-refractivity contribution in [1.82, 2.24) is 5.32 Å². The Hall–Kier alpha value is -2.34. The van der Waals surface area contributed by atoms with E-state index in [9.17, 15) is 9.59 Å². The number of amides is 2. The van der Waals surface area contributed by atoms with E-state index in [4.69, 9.17) is 4.74 Å². The third kappa shape index (κ3) is 5.60. The number of nitrogens with zero attached hydrogens (tertiary/aromatic N) is 1. The quantitative estimate of drug-likeness (QED) is 0.671. The second kappa shape index (κ2) is 9.92. The second-order valence-corrected chi connectivity index (χ2v) is 8.36. The fourth-order valence-electron chi connectivity index (χ4n) is 3.56. The van der Waals surface area contributed by atoms with Crippen LogP contribution in [0.15, 0.2) is 46.9 Å². The molecule has 6 heteroatoms. The maximum Gasteiger partial charge on any atom is 0.264 e. The molecule has 5 nitrogen and oxygen atoms in total. The fraction of sp³-hybridized carbons (Fsp3) is 0.391. The number of carbonyl (C=O) groups excluding carboxylic acids is 2. The van der Waals surface area contributed by atoms with Crippen molar-refractivity contribution in [3.05, 3.63) is 58.1 Å². The average Bonchev–Trinajstić information content (AvgIpc) is 2.73. The van der Waals surface area contributed by atoms with Crippen molar-refractivity contribution < 1.29 is 14.3 Å². The van der Waals surface area contributed by atoms with Crippen molar-refractivity contribution >= 4 is 33.4 Å².